The predicted molar refractivity (Wildman–Crippen MR) is 121 cm³/mol. The average molecular weight is 444 g/mol. The van der Waals surface area contributed by atoms with E-state index in [1.165, 1.54) is 24.1 Å². The van der Waals surface area contributed by atoms with Gasteiger partial charge in [0.25, 0.3) is 0 Å². The van der Waals surface area contributed by atoms with Crippen molar-refractivity contribution in [1.29, 1.82) is 0 Å². The minimum atomic E-state index is -0.465. The van der Waals surface area contributed by atoms with E-state index in [4.69, 9.17) is 21.1 Å². The van der Waals surface area contributed by atoms with Gasteiger partial charge in [0.1, 0.15) is 12.4 Å². The summed E-state index contributed by atoms with van der Waals surface area (Å²) in [6.45, 7) is 2.72. The summed E-state index contributed by atoms with van der Waals surface area (Å²) in [6.07, 6.45) is 3.37. The van der Waals surface area contributed by atoms with Gasteiger partial charge < -0.3 is 24.6 Å². The fourth-order valence-corrected chi connectivity index (χ4v) is 4.89. The molecule has 2 heterocycles. The quantitative estimate of drug-likeness (QED) is 0.703. The van der Waals surface area contributed by atoms with Gasteiger partial charge in [-0.3, -0.25) is 0 Å². The lowest BCUT2D eigenvalue weighted by Gasteiger charge is -2.33. The van der Waals surface area contributed by atoms with Crippen LogP contribution in [0, 0.1) is 5.92 Å². The van der Waals surface area contributed by atoms with E-state index in [0.29, 0.717) is 12.8 Å². The van der Waals surface area contributed by atoms with Crippen LogP contribution in [0.15, 0.2) is 36.4 Å². The van der Waals surface area contributed by atoms with Crippen molar-refractivity contribution < 1.29 is 19.7 Å². The van der Waals surface area contributed by atoms with Crippen molar-refractivity contribution in [3.63, 3.8) is 0 Å². The molecular formula is C25H30ClNO4. The van der Waals surface area contributed by atoms with Crippen LogP contribution in [0.1, 0.15) is 48.5 Å². The fraction of sp³-hybridized carbons (Fsp3) is 0.520. The number of rotatable bonds is 6. The average Bonchev–Trinajstić information content (AvgIpc) is 3.59. The molecule has 166 valence electrons. The van der Waals surface area contributed by atoms with Crippen LogP contribution in [0.4, 0.5) is 5.69 Å². The van der Waals surface area contributed by atoms with Gasteiger partial charge in [0.05, 0.1) is 37.2 Å². The molecule has 3 aliphatic rings. The van der Waals surface area contributed by atoms with Gasteiger partial charge in [0.2, 0.25) is 0 Å². The van der Waals surface area contributed by atoms with E-state index < -0.39 is 6.10 Å². The maximum atomic E-state index is 10.2. The molecule has 6 heteroatoms. The van der Waals surface area contributed by atoms with Crippen molar-refractivity contribution in [3.05, 3.63) is 58.1 Å². The number of ether oxygens (including phenoxy) is 2. The number of anilines is 1. The summed E-state index contributed by atoms with van der Waals surface area (Å²) in [5, 5.41) is 20.4. The van der Waals surface area contributed by atoms with Gasteiger partial charge >= 0.3 is 0 Å². The highest BCUT2D eigenvalue weighted by molar-refractivity contribution is 6.31. The second-order valence-corrected chi connectivity index (χ2v) is 9.53. The number of halogens is 1. The summed E-state index contributed by atoms with van der Waals surface area (Å²) in [5.74, 6) is 1.80. The van der Waals surface area contributed by atoms with Crippen molar-refractivity contribution in [2.24, 2.45) is 5.92 Å². The summed E-state index contributed by atoms with van der Waals surface area (Å²) in [5.41, 5.74) is 4.41. The molecule has 3 unspecified atom stereocenters. The third-order valence-corrected chi connectivity index (χ3v) is 6.94. The zero-order valence-corrected chi connectivity index (χ0v) is 18.4. The van der Waals surface area contributed by atoms with Crippen LogP contribution < -0.4 is 9.64 Å². The summed E-state index contributed by atoms with van der Waals surface area (Å²) in [4.78, 5) is 2.46. The molecule has 3 atom stereocenters. The van der Waals surface area contributed by atoms with Gasteiger partial charge in [-0.15, -0.1) is 0 Å². The third-order valence-electron chi connectivity index (χ3n) is 6.58. The van der Waals surface area contributed by atoms with Crippen LogP contribution in [0.5, 0.6) is 5.75 Å². The third kappa shape index (κ3) is 4.85. The molecule has 5 nitrogen and oxygen atoms in total. The van der Waals surface area contributed by atoms with Crippen LogP contribution in [0.3, 0.4) is 0 Å². The molecule has 0 aromatic heterocycles. The lowest BCUT2D eigenvalue weighted by atomic mass is 9.94. The fourth-order valence-electron chi connectivity index (χ4n) is 4.70. The molecule has 0 spiro atoms. The van der Waals surface area contributed by atoms with Crippen LogP contribution in [0.2, 0.25) is 5.02 Å². The van der Waals surface area contributed by atoms with Gasteiger partial charge in [-0.2, -0.15) is 0 Å². The van der Waals surface area contributed by atoms with Gasteiger partial charge in [-0.05, 0) is 60.1 Å². The second-order valence-electron chi connectivity index (χ2n) is 9.12. The second kappa shape index (κ2) is 8.99. The molecule has 2 aliphatic heterocycles. The first-order valence-electron chi connectivity index (χ1n) is 11.3. The summed E-state index contributed by atoms with van der Waals surface area (Å²) in [7, 11) is 0. The van der Waals surface area contributed by atoms with Crippen molar-refractivity contribution in [2.75, 3.05) is 31.2 Å². The Morgan fingerprint density at radius 2 is 1.97 bits per heavy atom. The smallest absolute Gasteiger partial charge is 0.142 e. The predicted octanol–water partition coefficient (Wildman–Crippen LogP) is 4.11. The number of aliphatic hydroxyl groups excluding tert-OH is 2. The normalized spacial score (nSPS) is 25.8. The molecule has 2 N–H and O–H groups in total. The Kier molecular flexibility index (Phi) is 6.11. The first kappa shape index (κ1) is 21.1. The highest BCUT2D eigenvalue weighted by Gasteiger charge is 2.30. The van der Waals surface area contributed by atoms with Crippen LogP contribution in [0.25, 0.3) is 0 Å². The molecule has 2 aromatic rings. The van der Waals surface area contributed by atoms with Crippen molar-refractivity contribution in [2.45, 2.75) is 50.4 Å². The number of fused-ring (bicyclic) bond motifs is 1. The number of benzene rings is 2. The number of hydrogen-bond donors (Lipinski definition) is 2. The van der Waals surface area contributed by atoms with Crippen LogP contribution in [-0.4, -0.2) is 48.7 Å². The van der Waals surface area contributed by atoms with E-state index in [1.54, 1.807) is 0 Å². The van der Waals surface area contributed by atoms with Gasteiger partial charge in [-0.1, -0.05) is 29.8 Å². The van der Waals surface area contributed by atoms with E-state index in [-0.39, 0.29) is 18.8 Å². The van der Waals surface area contributed by atoms with Gasteiger partial charge in [0.15, 0.2) is 0 Å². The Bertz CT molecular complexity index is 932. The van der Waals surface area contributed by atoms with Gasteiger partial charge in [-0.25, -0.2) is 0 Å². The summed E-state index contributed by atoms with van der Waals surface area (Å²) >= 11 is 6.55. The maximum absolute atomic E-state index is 10.2. The monoisotopic (exact) mass is 443 g/mol. The van der Waals surface area contributed by atoms with E-state index in [9.17, 15) is 10.2 Å². The molecule has 0 amide bonds. The molecule has 31 heavy (non-hydrogen) atoms. The molecule has 0 bridgehead atoms. The Morgan fingerprint density at radius 1 is 1.10 bits per heavy atom. The molecule has 1 aliphatic carbocycles. The Balaban J connectivity index is 1.37. The van der Waals surface area contributed by atoms with E-state index in [1.807, 2.05) is 12.1 Å². The zero-order chi connectivity index (χ0) is 21.4. The maximum Gasteiger partial charge on any atom is 0.142 e. The SMILES string of the molecule is OCC1CC(O)CC(c2ccc(Cl)c(Cc3ccc4c(c3)N(CC3CC3)CCO4)c2)O1. The van der Waals surface area contributed by atoms with Crippen molar-refractivity contribution >= 4 is 17.3 Å². The minimum absolute atomic E-state index is 0.0808. The molecule has 0 radical (unpaired) electrons. The molecule has 1 saturated heterocycles. The van der Waals surface area contributed by atoms with Crippen LogP contribution in [-0.2, 0) is 11.2 Å². The highest BCUT2D eigenvalue weighted by Crippen LogP contribution is 2.38. The molecule has 1 saturated carbocycles. The van der Waals surface area contributed by atoms with E-state index in [2.05, 4.69) is 29.2 Å². The topological polar surface area (TPSA) is 62.2 Å². The molecule has 2 fully saturated rings. The number of aliphatic hydroxyl groups is 2. The zero-order valence-electron chi connectivity index (χ0n) is 17.7. The Hall–Kier alpha value is -1.79. The Morgan fingerprint density at radius 3 is 2.77 bits per heavy atom. The number of nitrogens with zero attached hydrogens (tertiary/aromatic N) is 1. The highest BCUT2D eigenvalue weighted by atomic mass is 35.5. The first-order valence-corrected chi connectivity index (χ1v) is 11.7. The molecule has 2 aromatic carbocycles. The summed E-state index contributed by atoms with van der Waals surface area (Å²) < 4.78 is 11.9. The largest absolute Gasteiger partial charge is 0.490 e. The van der Waals surface area contributed by atoms with Crippen molar-refractivity contribution in [3.8, 4) is 5.75 Å². The van der Waals surface area contributed by atoms with Crippen molar-refractivity contribution in [1.82, 2.24) is 0 Å². The van der Waals surface area contributed by atoms with E-state index >= 15 is 0 Å². The summed E-state index contributed by atoms with van der Waals surface area (Å²) in [6, 6.07) is 12.4. The van der Waals surface area contributed by atoms with E-state index in [0.717, 1.165) is 53.9 Å². The lowest BCUT2D eigenvalue weighted by molar-refractivity contribution is -0.113. The first-order chi connectivity index (χ1) is 15.1. The van der Waals surface area contributed by atoms with Crippen LogP contribution >= 0.6 is 11.6 Å². The standard InChI is InChI=1S/C25H30ClNO4/c26-22-5-4-18(25-13-20(29)12-21(15-28)31-25)11-19(22)9-17-3-6-24-23(10-17)27(7-8-30-24)14-16-1-2-16/h3-6,10-11,16,20-21,25,28-29H,1-2,7-9,12-15H2. The minimum Gasteiger partial charge on any atom is -0.490 e. The molecule has 5 rings (SSSR count). The number of hydrogen-bond acceptors (Lipinski definition) is 5. The molecular weight excluding hydrogens is 414 g/mol. The van der Waals surface area contributed by atoms with Gasteiger partial charge in [0, 0.05) is 24.4 Å². The lowest BCUT2D eigenvalue weighted by Crippen LogP contribution is -2.34. The Labute approximate surface area is 188 Å².